The zero-order valence-corrected chi connectivity index (χ0v) is 12.3. The maximum Gasteiger partial charge on any atom is 0.417 e. The van der Waals surface area contributed by atoms with Gasteiger partial charge < -0.3 is 9.47 Å². The Morgan fingerprint density at radius 1 is 1.16 bits per heavy atom. The summed E-state index contributed by atoms with van der Waals surface area (Å²) in [5.74, 6) is -0.192. The fourth-order valence-corrected chi connectivity index (χ4v) is 2.30. The monoisotopic (exact) mass is 289 g/mol. The van der Waals surface area contributed by atoms with Gasteiger partial charge in [0.2, 0.25) is 0 Å². The minimum absolute atomic E-state index is 0.192. The van der Waals surface area contributed by atoms with Crippen molar-refractivity contribution < 1.29 is 19.1 Å². The normalized spacial score (nSPS) is 22.0. The maximum absolute atomic E-state index is 11.7. The summed E-state index contributed by atoms with van der Waals surface area (Å²) in [5, 5.41) is 0. The second kappa shape index (κ2) is 9.07. The van der Waals surface area contributed by atoms with Crippen LogP contribution in [0, 0.1) is 0 Å². The highest BCUT2D eigenvalue weighted by molar-refractivity contribution is 7.78. The summed E-state index contributed by atoms with van der Waals surface area (Å²) in [5.41, 5.74) is 0. The second-order valence-corrected chi connectivity index (χ2v) is 5.05. The Morgan fingerprint density at radius 2 is 1.84 bits per heavy atom. The van der Waals surface area contributed by atoms with Crippen molar-refractivity contribution in [2.75, 3.05) is 0 Å². The second-order valence-electron chi connectivity index (χ2n) is 4.83. The number of ether oxygens (including phenoxy) is 2. The molecule has 0 heterocycles. The number of rotatable bonds is 7. The lowest BCUT2D eigenvalue weighted by molar-refractivity contribution is -0.153. The molecule has 1 aliphatic carbocycles. The molecule has 0 radical (unpaired) electrons. The number of amides is 1. The van der Waals surface area contributed by atoms with E-state index in [0.717, 1.165) is 44.9 Å². The third-order valence-corrected chi connectivity index (χ3v) is 3.44. The molecule has 0 saturated heterocycles. The Balaban J connectivity index is 2.26. The Hall–Kier alpha value is -0.910. The van der Waals surface area contributed by atoms with Crippen LogP contribution in [0.3, 0.4) is 0 Å². The Bertz CT molecular complexity index is 298. The number of hydrogen-bond acceptors (Lipinski definition) is 5. The number of carbonyl (C=O) groups is 2. The third-order valence-electron chi connectivity index (χ3n) is 3.26. The van der Waals surface area contributed by atoms with Gasteiger partial charge in [0.25, 0.3) is 0 Å². The zero-order valence-electron chi connectivity index (χ0n) is 11.4. The van der Waals surface area contributed by atoms with Crippen LogP contribution in [-0.2, 0) is 14.3 Å². The summed E-state index contributed by atoms with van der Waals surface area (Å²) in [4.78, 5) is 22.8. The first-order valence-corrected chi connectivity index (χ1v) is 7.42. The molecule has 1 fully saturated rings. The molecular weight excluding hydrogens is 266 g/mol. The third kappa shape index (κ3) is 6.18. The van der Waals surface area contributed by atoms with Gasteiger partial charge in [0, 0.05) is 6.42 Å². The summed E-state index contributed by atoms with van der Waals surface area (Å²) in [6.07, 6.45) is 5.80. The van der Waals surface area contributed by atoms with E-state index in [1.165, 1.54) is 0 Å². The highest BCUT2D eigenvalue weighted by Gasteiger charge is 2.33. The van der Waals surface area contributed by atoms with E-state index in [1.807, 2.05) is 0 Å². The van der Waals surface area contributed by atoms with Crippen molar-refractivity contribution >= 4 is 24.9 Å². The number of nitrogens with one attached hydrogen (secondary N) is 1. The summed E-state index contributed by atoms with van der Waals surface area (Å²) in [6, 6.07) is 0. The van der Waals surface area contributed by atoms with E-state index in [9.17, 15) is 9.59 Å². The van der Waals surface area contributed by atoms with Crippen molar-refractivity contribution in [2.45, 2.75) is 70.5 Å². The van der Waals surface area contributed by atoms with Crippen molar-refractivity contribution in [1.29, 1.82) is 0 Å². The van der Waals surface area contributed by atoms with Crippen molar-refractivity contribution in [3.8, 4) is 0 Å². The molecule has 1 rings (SSSR count). The van der Waals surface area contributed by atoms with Gasteiger partial charge >= 0.3 is 12.1 Å². The standard InChI is InChI=1S/C13H23NO4S/c1-2-3-4-5-9-12(15)17-10-7-6-8-11(10)18-13(16)14-19/h10-11,19H,2-9H2,1H3,(H,14,16). The van der Waals surface area contributed by atoms with Crippen molar-refractivity contribution in [3.05, 3.63) is 0 Å². The smallest absolute Gasteiger partial charge is 0.417 e. The molecule has 0 spiro atoms. The molecule has 1 saturated carbocycles. The van der Waals surface area contributed by atoms with Gasteiger partial charge in [0.05, 0.1) is 0 Å². The number of carbonyl (C=O) groups excluding carboxylic acids is 2. The molecule has 2 atom stereocenters. The Kier molecular flexibility index (Phi) is 7.70. The largest absolute Gasteiger partial charge is 0.458 e. The van der Waals surface area contributed by atoms with E-state index in [0.29, 0.717) is 6.42 Å². The van der Waals surface area contributed by atoms with Crippen LogP contribution < -0.4 is 4.72 Å². The van der Waals surface area contributed by atoms with Crippen LogP contribution in [-0.4, -0.2) is 24.3 Å². The quantitative estimate of drug-likeness (QED) is 0.429. The lowest BCUT2D eigenvalue weighted by Crippen LogP contribution is -2.32. The van der Waals surface area contributed by atoms with E-state index < -0.39 is 6.09 Å². The number of thiol groups is 1. The molecule has 0 aromatic heterocycles. The van der Waals surface area contributed by atoms with Gasteiger partial charge in [0.15, 0.2) is 0 Å². The molecule has 6 heteroatoms. The van der Waals surface area contributed by atoms with E-state index in [2.05, 4.69) is 24.5 Å². The first-order valence-electron chi connectivity index (χ1n) is 6.97. The van der Waals surface area contributed by atoms with E-state index >= 15 is 0 Å². The first-order chi connectivity index (χ1) is 9.17. The van der Waals surface area contributed by atoms with E-state index in [4.69, 9.17) is 9.47 Å². The fourth-order valence-electron chi connectivity index (χ4n) is 2.25. The van der Waals surface area contributed by atoms with Crippen LogP contribution in [0.25, 0.3) is 0 Å². The summed E-state index contributed by atoms with van der Waals surface area (Å²) in [7, 11) is 0. The van der Waals surface area contributed by atoms with Crippen molar-refractivity contribution in [3.63, 3.8) is 0 Å². The van der Waals surface area contributed by atoms with Gasteiger partial charge in [-0.25, -0.2) is 4.79 Å². The molecule has 2 unspecified atom stereocenters. The average molecular weight is 289 g/mol. The topological polar surface area (TPSA) is 64.6 Å². The van der Waals surface area contributed by atoms with Crippen LogP contribution >= 0.6 is 12.8 Å². The summed E-state index contributed by atoms with van der Waals surface area (Å²) in [6.45, 7) is 2.13. The van der Waals surface area contributed by atoms with Crippen LogP contribution in [0.1, 0.15) is 58.3 Å². The highest BCUT2D eigenvalue weighted by Crippen LogP contribution is 2.25. The van der Waals surface area contributed by atoms with Crippen LogP contribution in [0.15, 0.2) is 0 Å². The van der Waals surface area contributed by atoms with Gasteiger partial charge in [-0.3, -0.25) is 9.52 Å². The molecule has 19 heavy (non-hydrogen) atoms. The van der Waals surface area contributed by atoms with E-state index in [-0.39, 0.29) is 18.2 Å². The minimum atomic E-state index is -0.598. The predicted octanol–water partition coefficient (Wildman–Crippen LogP) is 2.99. The number of hydrogen-bond donors (Lipinski definition) is 2. The maximum atomic E-state index is 11.7. The number of unbranched alkanes of at least 4 members (excludes halogenated alkanes) is 3. The average Bonchev–Trinajstić information content (AvgIpc) is 2.82. The molecular formula is C13H23NO4S. The Morgan fingerprint density at radius 3 is 2.47 bits per heavy atom. The SMILES string of the molecule is CCCCCCC(=O)OC1CCCC1OC(=O)NS. The van der Waals surface area contributed by atoms with Crippen LogP contribution in [0.4, 0.5) is 4.79 Å². The lowest BCUT2D eigenvalue weighted by atomic mass is 10.1. The zero-order chi connectivity index (χ0) is 14.1. The number of esters is 1. The fraction of sp³-hybridized carbons (Fsp3) is 0.846. The molecule has 5 nitrogen and oxygen atoms in total. The molecule has 0 aromatic carbocycles. The molecule has 0 aliphatic heterocycles. The van der Waals surface area contributed by atoms with Crippen LogP contribution in [0.5, 0.6) is 0 Å². The molecule has 0 aromatic rings. The van der Waals surface area contributed by atoms with Gasteiger partial charge in [-0.05, 0) is 25.7 Å². The predicted molar refractivity (Wildman–Crippen MR) is 74.9 cm³/mol. The molecule has 0 bridgehead atoms. The van der Waals surface area contributed by atoms with E-state index in [1.54, 1.807) is 0 Å². The molecule has 1 N–H and O–H groups in total. The summed E-state index contributed by atoms with van der Waals surface area (Å²) < 4.78 is 12.6. The van der Waals surface area contributed by atoms with Gasteiger partial charge in [0.1, 0.15) is 12.2 Å². The summed E-state index contributed by atoms with van der Waals surface area (Å²) >= 11 is 3.62. The van der Waals surface area contributed by atoms with Gasteiger partial charge in [-0.15, -0.1) is 0 Å². The molecule has 1 aliphatic rings. The Labute approximate surface area is 120 Å². The van der Waals surface area contributed by atoms with Gasteiger partial charge in [-0.2, -0.15) is 0 Å². The van der Waals surface area contributed by atoms with Crippen LogP contribution in [0.2, 0.25) is 0 Å². The molecule has 1 amide bonds. The lowest BCUT2D eigenvalue weighted by Gasteiger charge is -2.20. The van der Waals surface area contributed by atoms with Gasteiger partial charge in [-0.1, -0.05) is 39.0 Å². The molecule has 110 valence electrons. The first kappa shape index (κ1) is 16.1. The minimum Gasteiger partial charge on any atom is -0.458 e. The van der Waals surface area contributed by atoms with Crippen molar-refractivity contribution in [1.82, 2.24) is 4.72 Å². The van der Waals surface area contributed by atoms with Crippen molar-refractivity contribution in [2.24, 2.45) is 0 Å². The highest BCUT2D eigenvalue weighted by atomic mass is 32.1.